The van der Waals surface area contributed by atoms with Gasteiger partial charge in [0.05, 0.1) is 0 Å². The number of carbonyl (C=O) groups excluding carboxylic acids is 1. The van der Waals surface area contributed by atoms with E-state index in [1.165, 1.54) is 0 Å². The zero-order chi connectivity index (χ0) is 12.3. The van der Waals surface area contributed by atoms with Crippen LogP contribution in [-0.4, -0.2) is 35.6 Å². The Labute approximate surface area is 107 Å². The highest BCUT2D eigenvalue weighted by Gasteiger charge is 2.22. The predicted octanol–water partition coefficient (Wildman–Crippen LogP) is 1.82. The number of likely N-dealkylation sites (tertiary alicyclic amines) is 1. The average Bonchev–Trinajstić information content (AvgIpc) is 2.39. The lowest BCUT2D eigenvalue weighted by atomic mass is 9.97. The fourth-order valence-electron chi connectivity index (χ4n) is 2.11. The second-order valence-electron chi connectivity index (χ2n) is 4.47. The average molecular weight is 251 g/mol. The third-order valence-electron chi connectivity index (χ3n) is 3.27. The molecule has 17 heavy (non-hydrogen) atoms. The summed E-state index contributed by atoms with van der Waals surface area (Å²) in [5.74, 6) is 0.439. The van der Waals surface area contributed by atoms with Crippen molar-refractivity contribution in [3.63, 3.8) is 0 Å². The van der Waals surface area contributed by atoms with Crippen molar-refractivity contribution >= 4 is 18.5 Å². The van der Waals surface area contributed by atoms with Crippen LogP contribution < -0.4 is 0 Å². The van der Waals surface area contributed by atoms with Gasteiger partial charge in [-0.1, -0.05) is 0 Å². The molecule has 1 N–H and O–H groups in total. The number of rotatable bonds is 2. The van der Waals surface area contributed by atoms with Gasteiger partial charge in [0.2, 0.25) is 0 Å². The Bertz CT molecular complexity index is 383. The summed E-state index contributed by atoms with van der Waals surface area (Å²) in [5, 5.41) is 9.05. The van der Waals surface area contributed by atoms with Crippen molar-refractivity contribution in [2.45, 2.75) is 17.7 Å². The molecule has 0 spiro atoms. The van der Waals surface area contributed by atoms with E-state index in [4.69, 9.17) is 5.11 Å². The van der Waals surface area contributed by atoms with E-state index in [1.54, 1.807) is 0 Å². The molecule has 92 valence electrons. The second-order valence-corrected chi connectivity index (χ2v) is 4.98. The maximum absolute atomic E-state index is 12.1. The molecule has 1 fully saturated rings. The number of aliphatic hydroxyl groups excluding tert-OH is 1. The van der Waals surface area contributed by atoms with Gasteiger partial charge in [0, 0.05) is 30.2 Å². The van der Waals surface area contributed by atoms with Crippen LogP contribution in [0.1, 0.15) is 23.2 Å². The van der Waals surface area contributed by atoms with Crippen LogP contribution in [0.25, 0.3) is 0 Å². The normalized spacial score (nSPS) is 17.2. The summed E-state index contributed by atoms with van der Waals surface area (Å²) in [6.45, 7) is 1.72. The maximum atomic E-state index is 12.1. The molecular formula is C13H17NO2S. The van der Waals surface area contributed by atoms with E-state index in [2.05, 4.69) is 12.6 Å². The summed E-state index contributed by atoms with van der Waals surface area (Å²) in [4.78, 5) is 14.9. The number of amides is 1. The summed E-state index contributed by atoms with van der Waals surface area (Å²) in [5.41, 5.74) is 0.713. The highest BCUT2D eigenvalue weighted by Crippen LogP contribution is 2.19. The Kier molecular flexibility index (Phi) is 4.07. The van der Waals surface area contributed by atoms with E-state index in [0.717, 1.165) is 30.8 Å². The molecule has 3 nitrogen and oxygen atoms in total. The van der Waals surface area contributed by atoms with E-state index in [9.17, 15) is 4.79 Å². The monoisotopic (exact) mass is 251 g/mol. The molecule has 2 rings (SSSR count). The lowest BCUT2D eigenvalue weighted by molar-refractivity contribution is 0.0651. The molecule has 1 saturated heterocycles. The van der Waals surface area contributed by atoms with Crippen LogP contribution in [0.2, 0.25) is 0 Å². The summed E-state index contributed by atoms with van der Waals surface area (Å²) in [7, 11) is 0. The highest BCUT2D eigenvalue weighted by atomic mass is 32.1. The van der Waals surface area contributed by atoms with E-state index in [0.29, 0.717) is 11.5 Å². The minimum absolute atomic E-state index is 0.0784. The van der Waals surface area contributed by atoms with Crippen LogP contribution in [0.5, 0.6) is 0 Å². The number of piperidine rings is 1. The molecule has 1 aromatic carbocycles. The van der Waals surface area contributed by atoms with Gasteiger partial charge in [0.1, 0.15) is 0 Å². The summed E-state index contributed by atoms with van der Waals surface area (Å²) in [6, 6.07) is 7.28. The van der Waals surface area contributed by atoms with Gasteiger partial charge in [-0.3, -0.25) is 4.79 Å². The van der Waals surface area contributed by atoms with E-state index in [-0.39, 0.29) is 12.5 Å². The van der Waals surface area contributed by atoms with E-state index < -0.39 is 0 Å². The standard InChI is InChI=1S/C13H17NO2S/c15-9-10-5-7-14(8-6-10)13(16)11-1-3-12(17)4-2-11/h1-4,10,15,17H,5-9H2. The molecule has 0 aliphatic carbocycles. The van der Waals surface area contributed by atoms with Gasteiger partial charge in [-0.25, -0.2) is 0 Å². The summed E-state index contributed by atoms with van der Waals surface area (Å²) >= 11 is 4.20. The highest BCUT2D eigenvalue weighted by molar-refractivity contribution is 7.80. The van der Waals surface area contributed by atoms with Gasteiger partial charge >= 0.3 is 0 Å². The first-order valence-corrected chi connectivity index (χ1v) is 6.34. The molecular weight excluding hydrogens is 234 g/mol. The molecule has 1 aliphatic heterocycles. The first kappa shape index (κ1) is 12.5. The van der Waals surface area contributed by atoms with Crippen molar-refractivity contribution in [1.29, 1.82) is 0 Å². The quantitative estimate of drug-likeness (QED) is 0.787. The van der Waals surface area contributed by atoms with Crippen molar-refractivity contribution in [2.75, 3.05) is 19.7 Å². The molecule has 0 bridgehead atoms. The van der Waals surface area contributed by atoms with Crippen LogP contribution in [0, 0.1) is 5.92 Å². The fraction of sp³-hybridized carbons (Fsp3) is 0.462. The van der Waals surface area contributed by atoms with E-state index >= 15 is 0 Å². The summed E-state index contributed by atoms with van der Waals surface area (Å²) < 4.78 is 0. The lowest BCUT2D eigenvalue weighted by Gasteiger charge is -2.31. The first-order valence-electron chi connectivity index (χ1n) is 5.90. The molecule has 0 aromatic heterocycles. The van der Waals surface area contributed by atoms with Gasteiger partial charge in [-0.05, 0) is 43.0 Å². The molecule has 0 unspecified atom stereocenters. The zero-order valence-electron chi connectivity index (χ0n) is 9.67. The smallest absolute Gasteiger partial charge is 0.253 e. The topological polar surface area (TPSA) is 40.5 Å². The van der Waals surface area contributed by atoms with Crippen LogP contribution >= 0.6 is 12.6 Å². The third-order valence-corrected chi connectivity index (χ3v) is 3.57. The number of aliphatic hydroxyl groups is 1. The second kappa shape index (κ2) is 5.56. The number of hydrogen-bond donors (Lipinski definition) is 2. The Morgan fingerprint density at radius 3 is 2.41 bits per heavy atom. The Hall–Kier alpha value is -1.00. The first-order chi connectivity index (χ1) is 8.20. The number of benzene rings is 1. The molecule has 0 radical (unpaired) electrons. The minimum Gasteiger partial charge on any atom is -0.396 e. The van der Waals surface area contributed by atoms with Crippen molar-refractivity contribution < 1.29 is 9.90 Å². The van der Waals surface area contributed by atoms with Crippen molar-refractivity contribution in [3.05, 3.63) is 29.8 Å². The predicted molar refractivity (Wildman–Crippen MR) is 69.4 cm³/mol. The number of nitrogens with zero attached hydrogens (tertiary/aromatic N) is 1. The Morgan fingerprint density at radius 2 is 1.88 bits per heavy atom. The maximum Gasteiger partial charge on any atom is 0.253 e. The van der Waals surface area contributed by atoms with Gasteiger partial charge < -0.3 is 10.0 Å². The van der Waals surface area contributed by atoms with E-state index in [1.807, 2.05) is 29.2 Å². The van der Waals surface area contributed by atoms with Gasteiger partial charge in [0.25, 0.3) is 5.91 Å². The fourth-order valence-corrected chi connectivity index (χ4v) is 2.25. The Morgan fingerprint density at radius 1 is 1.29 bits per heavy atom. The van der Waals surface area contributed by atoms with Crippen LogP contribution in [-0.2, 0) is 0 Å². The van der Waals surface area contributed by atoms with Crippen LogP contribution in [0.15, 0.2) is 29.2 Å². The number of thiol groups is 1. The van der Waals surface area contributed by atoms with Crippen molar-refractivity contribution in [3.8, 4) is 0 Å². The lowest BCUT2D eigenvalue weighted by Crippen LogP contribution is -2.39. The molecule has 4 heteroatoms. The molecule has 1 aromatic rings. The van der Waals surface area contributed by atoms with Gasteiger partial charge in [-0.15, -0.1) is 12.6 Å². The molecule has 1 aliphatic rings. The molecule has 1 heterocycles. The SMILES string of the molecule is O=C(c1ccc(S)cc1)N1CCC(CO)CC1. The van der Waals surface area contributed by atoms with Gasteiger partial charge in [-0.2, -0.15) is 0 Å². The van der Waals surface area contributed by atoms with Crippen LogP contribution in [0.3, 0.4) is 0 Å². The van der Waals surface area contributed by atoms with Crippen LogP contribution in [0.4, 0.5) is 0 Å². The molecule has 1 amide bonds. The summed E-state index contributed by atoms with van der Waals surface area (Å²) in [6.07, 6.45) is 1.79. The number of carbonyl (C=O) groups is 1. The number of hydrogen-bond acceptors (Lipinski definition) is 3. The van der Waals surface area contributed by atoms with Gasteiger partial charge in [0.15, 0.2) is 0 Å². The third kappa shape index (κ3) is 3.01. The molecule has 0 atom stereocenters. The minimum atomic E-state index is 0.0784. The van der Waals surface area contributed by atoms with Crippen molar-refractivity contribution in [1.82, 2.24) is 4.90 Å². The zero-order valence-corrected chi connectivity index (χ0v) is 10.6. The van der Waals surface area contributed by atoms with Crippen molar-refractivity contribution in [2.24, 2.45) is 5.92 Å². The molecule has 0 saturated carbocycles. The largest absolute Gasteiger partial charge is 0.396 e. The Balaban J connectivity index is 1.99.